The Kier molecular flexibility index (Phi) is 2.85. The van der Waals surface area contributed by atoms with Gasteiger partial charge in [-0.15, -0.1) is 0 Å². The summed E-state index contributed by atoms with van der Waals surface area (Å²) in [5, 5.41) is 8.76. The van der Waals surface area contributed by atoms with E-state index in [0.29, 0.717) is 0 Å². The molecule has 0 aromatic rings. The second kappa shape index (κ2) is 2.95. The molecule has 11 heavy (non-hydrogen) atoms. The Bertz CT molecular complexity index is 160. The molecule has 0 aromatic carbocycles. The molecule has 0 radical (unpaired) electrons. The molecule has 0 amide bonds. The lowest BCUT2D eigenvalue weighted by molar-refractivity contribution is -0.142. The lowest BCUT2D eigenvalue weighted by atomic mass is 10.1. The Morgan fingerprint density at radius 1 is 1.36 bits per heavy atom. The van der Waals surface area contributed by atoms with Gasteiger partial charge in [-0.25, -0.2) is 0 Å². The summed E-state index contributed by atoms with van der Waals surface area (Å²) in [6, 6.07) is 0. The molecule has 0 spiro atoms. The van der Waals surface area contributed by atoms with Crippen LogP contribution in [0.4, 0.5) is 0 Å². The molecule has 0 bridgehead atoms. The van der Waals surface area contributed by atoms with Crippen molar-refractivity contribution in [1.29, 1.82) is 0 Å². The fraction of sp³-hybridized carbons (Fsp3) is 0.857. The number of carboxylic acid groups (broad SMARTS) is 1. The van der Waals surface area contributed by atoms with Crippen LogP contribution < -0.4 is 4.98 Å². The van der Waals surface area contributed by atoms with E-state index in [4.69, 9.17) is 5.11 Å². The van der Waals surface area contributed by atoms with Crippen LogP contribution in [-0.2, 0) is 4.79 Å². The average Bonchev–Trinajstić information content (AvgIpc) is 1.56. The number of nitrogens with one attached hydrogen (secondary N) is 1. The molecule has 4 heteroatoms. The summed E-state index contributed by atoms with van der Waals surface area (Å²) < 4.78 is 0. The van der Waals surface area contributed by atoms with Crippen LogP contribution >= 0.6 is 0 Å². The summed E-state index contributed by atoms with van der Waals surface area (Å²) in [5.74, 6) is -0.792. The van der Waals surface area contributed by atoms with Crippen LogP contribution in [0, 0.1) is 0 Å². The molecule has 0 heterocycles. The highest BCUT2D eigenvalue weighted by molar-refractivity contribution is 6.74. The second-order valence-electron chi connectivity index (χ2n) is 4.31. The van der Waals surface area contributed by atoms with Crippen LogP contribution in [0.25, 0.3) is 0 Å². The lowest BCUT2D eigenvalue weighted by Gasteiger charge is -2.29. The van der Waals surface area contributed by atoms with Gasteiger partial charge in [0.25, 0.3) is 0 Å². The maximum atomic E-state index is 10.7. The zero-order valence-corrected chi connectivity index (χ0v) is 8.86. The van der Waals surface area contributed by atoms with Gasteiger partial charge in [0, 0.05) is 0 Å². The number of hydrogen-bond donors (Lipinski definition) is 2. The Morgan fingerprint density at radius 2 is 1.73 bits per heavy atom. The molecule has 0 saturated carbocycles. The molecule has 0 aromatic heterocycles. The lowest BCUT2D eigenvalue weighted by Crippen LogP contribution is -2.57. The minimum absolute atomic E-state index is 0.787. The van der Waals surface area contributed by atoms with Crippen molar-refractivity contribution in [3.05, 3.63) is 0 Å². The van der Waals surface area contributed by atoms with Crippen molar-refractivity contribution in [2.45, 2.75) is 39.0 Å². The van der Waals surface area contributed by atoms with Gasteiger partial charge in [0.1, 0.15) is 13.8 Å². The Labute approximate surface area is 68.9 Å². The average molecular weight is 175 g/mol. The molecular weight excluding hydrogens is 158 g/mol. The number of rotatable bonds is 3. The van der Waals surface area contributed by atoms with Crippen LogP contribution in [0.5, 0.6) is 0 Å². The van der Waals surface area contributed by atoms with Crippen molar-refractivity contribution < 1.29 is 9.90 Å². The molecule has 0 atom stereocenters. The summed E-state index contributed by atoms with van der Waals surface area (Å²) in [5.41, 5.74) is -0.787. The number of carboxylic acids is 1. The molecule has 0 saturated heterocycles. The van der Waals surface area contributed by atoms with E-state index in [0.717, 1.165) is 0 Å². The van der Waals surface area contributed by atoms with Crippen molar-refractivity contribution in [3.8, 4) is 0 Å². The van der Waals surface area contributed by atoms with Crippen LogP contribution in [0.3, 0.4) is 0 Å². The number of aliphatic carboxylic acids is 1. The summed E-state index contributed by atoms with van der Waals surface area (Å²) in [6.07, 6.45) is 0. The van der Waals surface area contributed by atoms with E-state index in [9.17, 15) is 4.79 Å². The first kappa shape index (κ1) is 10.6. The van der Waals surface area contributed by atoms with Gasteiger partial charge < -0.3 is 10.1 Å². The first-order valence-electron chi connectivity index (χ1n) is 3.68. The molecule has 66 valence electrons. The van der Waals surface area contributed by atoms with Crippen LogP contribution in [0.15, 0.2) is 0 Å². The van der Waals surface area contributed by atoms with Crippen molar-refractivity contribution in [3.63, 3.8) is 0 Å². The third-order valence-electron chi connectivity index (χ3n) is 1.22. The maximum absolute atomic E-state index is 10.7. The number of carbonyl (C=O) groups is 1. The monoisotopic (exact) mass is 175 g/mol. The van der Waals surface area contributed by atoms with Crippen LogP contribution in [0.2, 0.25) is 19.6 Å². The SMILES string of the molecule is CC(C)(N[Si](C)(C)C)C(=O)O. The van der Waals surface area contributed by atoms with Gasteiger partial charge in [-0.3, -0.25) is 4.79 Å². The largest absolute Gasteiger partial charge is 0.480 e. The molecule has 0 aliphatic heterocycles. The molecular formula is C7H17NO2Si. The third kappa shape index (κ3) is 4.16. The van der Waals surface area contributed by atoms with E-state index in [1.54, 1.807) is 13.8 Å². The minimum Gasteiger partial charge on any atom is -0.480 e. The van der Waals surface area contributed by atoms with Crippen molar-refractivity contribution in [2.24, 2.45) is 0 Å². The van der Waals surface area contributed by atoms with E-state index >= 15 is 0 Å². The van der Waals surface area contributed by atoms with Crippen molar-refractivity contribution >= 4 is 14.2 Å². The van der Waals surface area contributed by atoms with Crippen molar-refractivity contribution in [2.75, 3.05) is 0 Å². The van der Waals surface area contributed by atoms with Crippen LogP contribution in [-0.4, -0.2) is 24.9 Å². The van der Waals surface area contributed by atoms with E-state index in [1.165, 1.54) is 0 Å². The molecule has 0 aliphatic rings. The van der Waals surface area contributed by atoms with E-state index in [2.05, 4.69) is 24.6 Å². The van der Waals surface area contributed by atoms with Gasteiger partial charge >= 0.3 is 5.97 Å². The van der Waals surface area contributed by atoms with E-state index in [1.807, 2.05) is 0 Å². The first-order valence-corrected chi connectivity index (χ1v) is 7.18. The van der Waals surface area contributed by atoms with Gasteiger partial charge in [0.2, 0.25) is 0 Å². The first-order chi connectivity index (χ1) is 4.65. The minimum atomic E-state index is -1.49. The summed E-state index contributed by atoms with van der Waals surface area (Å²) >= 11 is 0. The predicted molar refractivity (Wildman–Crippen MR) is 48.2 cm³/mol. The third-order valence-corrected chi connectivity index (χ3v) is 2.60. The van der Waals surface area contributed by atoms with Gasteiger partial charge in [0.05, 0.1) is 0 Å². The van der Waals surface area contributed by atoms with E-state index in [-0.39, 0.29) is 0 Å². The van der Waals surface area contributed by atoms with Gasteiger partial charge in [0.15, 0.2) is 0 Å². The fourth-order valence-electron chi connectivity index (χ4n) is 0.991. The van der Waals surface area contributed by atoms with Gasteiger partial charge in [-0.2, -0.15) is 0 Å². The Balaban J connectivity index is 4.25. The molecule has 0 aliphatic carbocycles. The Morgan fingerprint density at radius 3 is 1.82 bits per heavy atom. The normalized spacial score (nSPS) is 13.2. The number of hydrogen-bond acceptors (Lipinski definition) is 2. The molecule has 2 N–H and O–H groups in total. The summed E-state index contributed by atoms with van der Waals surface area (Å²) in [6.45, 7) is 9.62. The quantitative estimate of drug-likeness (QED) is 0.635. The van der Waals surface area contributed by atoms with Gasteiger partial charge in [-0.05, 0) is 13.8 Å². The topological polar surface area (TPSA) is 49.3 Å². The van der Waals surface area contributed by atoms with Gasteiger partial charge in [-0.1, -0.05) is 19.6 Å². The summed E-state index contributed by atoms with van der Waals surface area (Å²) in [4.78, 5) is 13.8. The Hall–Kier alpha value is -0.353. The van der Waals surface area contributed by atoms with Crippen LogP contribution in [0.1, 0.15) is 13.8 Å². The predicted octanol–water partition coefficient (Wildman–Crippen LogP) is 1.27. The van der Waals surface area contributed by atoms with E-state index < -0.39 is 19.7 Å². The zero-order chi connectivity index (χ0) is 9.28. The second-order valence-corrected chi connectivity index (χ2v) is 9.06. The highest BCUT2D eigenvalue weighted by Gasteiger charge is 2.31. The standard InChI is InChI=1S/C7H17NO2Si/c1-7(2,6(9)10)8-11(3,4)5/h8H,1-5H3,(H,9,10). The summed E-state index contributed by atoms with van der Waals surface area (Å²) in [7, 11) is -1.49. The highest BCUT2D eigenvalue weighted by Crippen LogP contribution is 2.07. The smallest absolute Gasteiger partial charge is 0.322 e. The fourth-order valence-corrected chi connectivity index (χ4v) is 2.97. The molecule has 3 nitrogen and oxygen atoms in total. The maximum Gasteiger partial charge on any atom is 0.322 e. The molecule has 0 unspecified atom stereocenters. The zero-order valence-electron chi connectivity index (χ0n) is 7.86. The highest BCUT2D eigenvalue weighted by atomic mass is 28.3. The van der Waals surface area contributed by atoms with Crippen molar-refractivity contribution in [1.82, 2.24) is 4.98 Å². The molecule has 0 fully saturated rings. The molecule has 0 rings (SSSR count).